The molecule has 0 radical (unpaired) electrons. The predicted molar refractivity (Wildman–Crippen MR) is 88.7 cm³/mol. The zero-order valence-corrected chi connectivity index (χ0v) is 13.5. The molecule has 0 aliphatic heterocycles. The zero-order chi connectivity index (χ0) is 17.0. The van der Waals surface area contributed by atoms with Crippen molar-refractivity contribution < 1.29 is 13.6 Å². The van der Waals surface area contributed by atoms with Crippen molar-refractivity contribution in [2.75, 3.05) is 17.2 Å². The molecule has 0 heterocycles. The average Bonchev–Trinajstić information content (AvgIpc) is 2.45. The Hall–Kier alpha value is -2.43. The summed E-state index contributed by atoms with van der Waals surface area (Å²) in [7, 11) is 0. The number of nitrogens with one attached hydrogen (secondary N) is 2. The lowest BCUT2D eigenvalue weighted by atomic mass is 10.1. The maximum absolute atomic E-state index is 13.5. The van der Waals surface area contributed by atoms with Gasteiger partial charge in [0.15, 0.2) is 0 Å². The molecule has 0 saturated heterocycles. The summed E-state index contributed by atoms with van der Waals surface area (Å²) in [4.78, 5) is 12.0. The second-order valence-electron chi connectivity index (χ2n) is 5.62. The molecule has 0 aliphatic rings. The molecule has 3 nitrogen and oxygen atoms in total. The van der Waals surface area contributed by atoms with Gasteiger partial charge in [0.2, 0.25) is 5.91 Å². The second kappa shape index (κ2) is 7.22. The summed E-state index contributed by atoms with van der Waals surface area (Å²) in [5, 5.41) is 5.68. The molecule has 2 rings (SSSR count). The van der Waals surface area contributed by atoms with E-state index in [-0.39, 0.29) is 24.6 Å². The molecular weight excluding hydrogens is 298 g/mol. The third kappa shape index (κ3) is 4.52. The molecule has 1 amide bonds. The fourth-order valence-electron chi connectivity index (χ4n) is 2.52. The van der Waals surface area contributed by atoms with Crippen LogP contribution in [0, 0.1) is 32.4 Å². The van der Waals surface area contributed by atoms with E-state index in [1.54, 1.807) is 0 Å². The van der Waals surface area contributed by atoms with E-state index in [1.165, 1.54) is 12.1 Å². The van der Waals surface area contributed by atoms with E-state index >= 15 is 0 Å². The van der Waals surface area contributed by atoms with E-state index in [9.17, 15) is 13.6 Å². The fourth-order valence-corrected chi connectivity index (χ4v) is 2.52. The van der Waals surface area contributed by atoms with Crippen LogP contribution in [0.3, 0.4) is 0 Å². The van der Waals surface area contributed by atoms with E-state index in [0.717, 1.165) is 28.4 Å². The molecule has 2 aromatic carbocycles. The topological polar surface area (TPSA) is 41.1 Å². The number of hydrogen-bond donors (Lipinski definition) is 2. The number of hydrogen-bond acceptors (Lipinski definition) is 2. The van der Waals surface area contributed by atoms with Gasteiger partial charge in [0, 0.05) is 24.7 Å². The van der Waals surface area contributed by atoms with Gasteiger partial charge in [-0.2, -0.15) is 0 Å². The molecule has 0 unspecified atom stereocenters. The maximum atomic E-state index is 13.5. The fraction of sp³-hybridized carbons (Fsp3) is 0.278. The molecule has 0 bridgehead atoms. The van der Waals surface area contributed by atoms with E-state index in [0.29, 0.717) is 0 Å². The number of amides is 1. The molecule has 2 N–H and O–H groups in total. The van der Waals surface area contributed by atoms with Gasteiger partial charge in [-0.3, -0.25) is 4.79 Å². The number of anilines is 2. The van der Waals surface area contributed by atoms with Gasteiger partial charge < -0.3 is 10.6 Å². The Morgan fingerprint density at radius 1 is 1.04 bits per heavy atom. The normalized spacial score (nSPS) is 10.5. The summed E-state index contributed by atoms with van der Waals surface area (Å²) in [6, 6.07) is 7.31. The molecule has 0 fully saturated rings. The van der Waals surface area contributed by atoms with Crippen LogP contribution in [0.25, 0.3) is 0 Å². The first-order valence-electron chi connectivity index (χ1n) is 7.43. The summed E-state index contributed by atoms with van der Waals surface area (Å²) in [5.41, 5.74) is 4.16. The van der Waals surface area contributed by atoms with Crippen molar-refractivity contribution in [1.82, 2.24) is 0 Å². The number of carbonyl (C=O) groups excluding carboxylic acids is 1. The summed E-state index contributed by atoms with van der Waals surface area (Å²) < 4.78 is 26.3. The van der Waals surface area contributed by atoms with Gasteiger partial charge in [0.05, 0.1) is 5.69 Å². The minimum absolute atomic E-state index is 0.157. The van der Waals surface area contributed by atoms with Gasteiger partial charge in [-0.1, -0.05) is 17.7 Å². The third-order valence-corrected chi connectivity index (χ3v) is 3.54. The van der Waals surface area contributed by atoms with Crippen molar-refractivity contribution in [3.63, 3.8) is 0 Å². The lowest BCUT2D eigenvalue weighted by molar-refractivity contribution is -0.116. The second-order valence-corrected chi connectivity index (χ2v) is 5.62. The van der Waals surface area contributed by atoms with Gasteiger partial charge in [0.1, 0.15) is 11.6 Å². The van der Waals surface area contributed by atoms with Crippen LogP contribution in [0.1, 0.15) is 23.1 Å². The van der Waals surface area contributed by atoms with E-state index in [1.807, 2.05) is 32.9 Å². The van der Waals surface area contributed by atoms with E-state index < -0.39 is 11.6 Å². The van der Waals surface area contributed by atoms with Crippen molar-refractivity contribution in [1.29, 1.82) is 0 Å². The Morgan fingerprint density at radius 2 is 1.70 bits per heavy atom. The van der Waals surface area contributed by atoms with Crippen molar-refractivity contribution >= 4 is 17.3 Å². The Morgan fingerprint density at radius 3 is 2.30 bits per heavy atom. The largest absolute Gasteiger partial charge is 0.382 e. The molecule has 0 aromatic heterocycles. The number of aryl methyl sites for hydroxylation is 3. The number of benzene rings is 2. The molecule has 0 saturated carbocycles. The molecule has 0 atom stereocenters. The van der Waals surface area contributed by atoms with Crippen LogP contribution in [0.2, 0.25) is 0 Å². The van der Waals surface area contributed by atoms with Crippen LogP contribution < -0.4 is 10.6 Å². The number of halogens is 2. The lowest BCUT2D eigenvalue weighted by Gasteiger charge is -2.13. The maximum Gasteiger partial charge on any atom is 0.226 e. The van der Waals surface area contributed by atoms with Gasteiger partial charge in [-0.15, -0.1) is 0 Å². The Bertz CT molecular complexity index is 706. The van der Waals surface area contributed by atoms with Crippen LogP contribution in [0.5, 0.6) is 0 Å². The van der Waals surface area contributed by atoms with Crippen LogP contribution in [0.4, 0.5) is 20.2 Å². The minimum atomic E-state index is -0.671. The first-order chi connectivity index (χ1) is 10.9. The van der Waals surface area contributed by atoms with Crippen LogP contribution >= 0.6 is 0 Å². The predicted octanol–water partition coefficient (Wildman–Crippen LogP) is 4.33. The summed E-state index contributed by atoms with van der Waals surface area (Å²) in [6.45, 7) is 6.16. The highest BCUT2D eigenvalue weighted by Crippen LogP contribution is 2.22. The first-order valence-corrected chi connectivity index (χ1v) is 7.43. The zero-order valence-electron chi connectivity index (χ0n) is 13.5. The highest BCUT2D eigenvalue weighted by atomic mass is 19.1. The highest BCUT2D eigenvalue weighted by Gasteiger charge is 2.09. The summed E-state index contributed by atoms with van der Waals surface area (Å²) in [5.74, 6) is -1.46. The quantitative estimate of drug-likeness (QED) is 0.861. The molecule has 0 aliphatic carbocycles. The van der Waals surface area contributed by atoms with Gasteiger partial charge in [0.25, 0.3) is 0 Å². The van der Waals surface area contributed by atoms with Gasteiger partial charge >= 0.3 is 0 Å². The molecular formula is C18H20F2N2O. The van der Waals surface area contributed by atoms with Crippen LogP contribution in [-0.4, -0.2) is 12.5 Å². The Kier molecular flexibility index (Phi) is 5.32. The lowest BCUT2D eigenvalue weighted by Crippen LogP contribution is -2.18. The standard InChI is InChI=1S/C18H20F2N2O/c1-11-8-12(2)18(13(3)9-11)22-17(23)6-7-21-16-5-4-14(19)10-15(16)20/h4-5,8-10,21H,6-7H2,1-3H3,(H,22,23). The van der Waals surface area contributed by atoms with Gasteiger partial charge in [-0.05, 0) is 44.0 Å². The molecule has 2 aromatic rings. The molecule has 5 heteroatoms. The molecule has 122 valence electrons. The number of rotatable bonds is 5. The SMILES string of the molecule is Cc1cc(C)c(NC(=O)CCNc2ccc(F)cc2F)c(C)c1. The smallest absolute Gasteiger partial charge is 0.226 e. The summed E-state index contributed by atoms with van der Waals surface area (Å²) in [6.07, 6.45) is 0.184. The van der Waals surface area contributed by atoms with Crippen molar-refractivity contribution in [2.45, 2.75) is 27.2 Å². The van der Waals surface area contributed by atoms with E-state index in [4.69, 9.17) is 0 Å². The van der Waals surface area contributed by atoms with Gasteiger partial charge in [-0.25, -0.2) is 8.78 Å². The Labute approximate surface area is 134 Å². The highest BCUT2D eigenvalue weighted by molar-refractivity contribution is 5.92. The molecule has 0 spiro atoms. The first kappa shape index (κ1) is 16.9. The monoisotopic (exact) mass is 318 g/mol. The van der Waals surface area contributed by atoms with Crippen molar-refractivity contribution in [3.05, 3.63) is 58.7 Å². The number of carbonyl (C=O) groups is 1. The Balaban J connectivity index is 1.91. The molecule has 23 heavy (non-hydrogen) atoms. The average molecular weight is 318 g/mol. The third-order valence-electron chi connectivity index (χ3n) is 3.54. The van der Waals surface area contributed by atoms with Crippen LogP contribution in [-0.2, 0) is 4.79 Å². The van der Waals surface area contributed by atoms with E-state index in [2.05, 4.69) is 10.6 Å². The minimum Gasteiger partial charge on any atom is -0.382 e. The van der Waals surface area contributed by atoms with Crippen molar-refractivity contribution in [3.8, 4) is 0 Å². The van der Waals surface area contributed by atoms with Crippen molar-refractivity contribution in [2.24, 2.45) is 0 Å². The summed E-state index contributed by atoms with van der Waals surface area (Å²) >= 11 is 0. The van der Waals surface area contributed by atoms with Crippen LogP contribution in [0.15, 0.2) is 30.3 Å².